The van der Waals surface area contributed by atoms with E-state index in [1.54, 1.807) is 30.3 Å². The monoisotopic (exact) mass is 365 g/mol. The van der Waals surface area contributed by atoms with Gasteiger partial charge in [-0.15, -0.1) is 0 Å². The average Bonchev–Trinajstić information content (AvgIpc) is 2.57. The van der Waals surface area contributed by atoms with Crippen LogP contribution in [0.4, 0.5) is 0 Å². The second-order valence-corrected chi connectivity index (χ2v) is 8.06. The average molecular weight is 365 g/mol. The molecule has 0 aliphatic rings. The van der Waals surface area contributed by atoms with Gasteiger partial charge < -0.3 is 9.84 Å². The Kier molecular flexibility index (Phi) is 6.02. The molecule has 25 heavy (non-hydrogen) atoms. The number of fused-ring (bicyclic) bond motifs is 1. The molecule has 0 saturated carbocycles. The molecule has 6 nitrogen and oxygen atoms in total. The fraction of sp³-hybridized carbons (Fsp3) is 0.389. The number of benzene rings is 2. The van der Waals surface area contributed by atoms with Crippen molar-refractivity contribution in [3.8, 4) is 5.75 Å². The van der Waals surface area contributed by atoms with E-state index in [2.05, 4.69) is 4.72 Å². The maximum absolute atomic E-state index is 12.7. The Balaban J connectivity index is 2.34. The van der Waals surface area contributed by atoms with Crippen molar-refractivity contribution in [3.63, 3.8) is 0 Å². The van der Waals surface area contributed by atoms with Crippen molar-refractivity contribution in [3.05, 3.63) is 36.4 Å². The summed E-state index contributed by atoms with van der Waals surface area (Å²) in [5.74, 6) is -1.03. The van der Waals surface area contributed by atoms with Gasteiger partial charge in [0.25, 0.3) is 0 Å². The highest BCUT2D eigenvalue weighted by molar-refractivity contribution is 7.89. The normalized spacial score (nSPS) is 13.1. The summed E-state index contributed by atoms with van der Waals surface area (Å²) in [5, 5.41) is 10.5. The maximum atomic E-state index is 12.7. The molecule has 0 radical (unpaired) electrons. The van der Waals surface area contributed by atoms with E-state index in [4.69, 9.17) is 4.74 Å². The molecule has 0 fully saturated rings. The van der Waals surface area contributed by atoms with Crippen molar-refractivity contribution in [2.24, 2.45) is 11.8 Å². The molecule has 0 aliphatic heterocycles. The molecule has 0 heterocycles. The van der Waals surface area contributed by atoms with Gasteiger partial charge in [-0.25, -0.2) is 13.1 Å². The molecule has 0 bridgehead atoms. The summed E-state index contributed by atoms with van der Waals surface area (Å²) in [7, 11) is -2.32. The first-order valence-electron chi connectivity index (χ1n) is 8.04. The molecule has 0 saturated heterocycles. The number of ether oxygens (including phenoxy) is 1. The fourth-order valence-corrected chi connectivity index (χ4v) is 4.08. The molecule has 0 aliphatic carbocycles. The first-order valence-corrected chi connectivity index (χ1v) is 9.52. The van der Waals surface area contributed by atoms with Gasteiger partial charge in [0.05, 0.1) is 17.9 Å². The third-order valence-electron chi connectivity index (χ3n) is 3.98. The summed E-state index contributed by atoms with van der Waals surface area (Å²) in [4.78, 5) is 11.4. The van der Waals surface area contributed by atoms with Crippen LogP contribution < -0.4 is 9.46 Å². The first kappa shape index (κ1) is 19.2. The lowest BCUT2D eigenvalue weighted by atomic mass is 9.98. The predicted octanol–water partition coefficient (Wildman–Crippen LogP) is 2.87. The smallest absolute Gasteiger partial charge is 0.307 e. The van der Waals surface area contributed by atoms with E-state index in [0.29, 0.717) is 22.9 Å². The molecular formula is C18H23NO5S. The molecule has 136 valence electrons. The summed E-state index contributed by atoms with van der Waals surface area (Å²) in [6.07, 6.45) is 0.404. The molecule has 1 atom stereocenters. The lowest BCUT2D eigenvalue weighted by Gasteiger charge is -2.16. The minimum atomic E-state index is -3.85. The van der Waals surface area contributed by atoms with Crippen molar-refractivity contribution in [1.82, 2.24) is 4.72 Å². The number of rotatable bonds is 8. The second-order valence-electron chi connectivity index (χ2n) is 6.33. The van der Waals surface area contributed by atoms with Crippen LogP contribution in [0.2, 0.25) is 0 Å². The molecule has 2 aromatic rings. The van der Waals surface area contributed by atoms with Crippen LogP contribution in [0.1, 0.15) is 20.3 Å². The second kappa shape index (κ2) is 7.84. The van der Waals surface area contributed by atoms with Gasteiger partial charge in [0.15, 0.2) is 0 Å². The van der Waals surface area contributed by atoms with E-state index >= 15 is 0 Å². The summed E-state index contributed by atoms with van der Waals surface area (Å²) >= 11 is 0. The van der Waals surface area contributed by atoms with Crippen molar-refractivity contribution < 1.29 is 23.1 Å². The van der Waals surface area contributed by atoms with Gasteiger partial charge in [-0.3, -0.25) is 4.79 Å². The standard InChI is InChI=1S/C18H23NO5S/c1-12(2)10-13(18(20)21)11-19-25(22,23)17-9-8-16(24-3)14-6-4-5-7-15(14)17/h4-9,12-13,19H,10-11H2,1-3H3,(H,20,21). The lowest BCUT2D eigenvalue weighted by molar-refractivity contribution is -0.142. The number of nitrogens with one attached hydrogen (secondary N) is 1. The van der Waals surface area contributed by atoms with Crippen LogP contribution >= 0.6 is 0 Å². The zero-order chi connectivity index (χ0) is 18.6. The molecule has 2 aromatic carbocycles. The summed E-state index contributed by atoms with van der Waals surface area (Å²) < 4.78 is 33.1. The number of hydrogen-bond acceptors (Lipinski definition) is 4. The topological polar surface area (TPSA) is 92.7 Å². The predicted molar refractivity (Wildman–Crippen MR) is 96.3 cm³/mol. The van der Waals surface area contributed by atoms with Gasteiger partial charge in [-0.05, 0) is 24.5 Å². The summed E-state index contributed by atoms with van der Waals surface area (Å²) in [5.41, 5.74) is 0. The Labute approximate surface area is 147 Å². The molecule has 2 N–H and O–H groups in total. The van der Waals surface area contributed by atoms with Gasteiger partial charge >= 0.3 is 5.97 Å². The van der Waals surface area contributed by atoms with Crippen LogP contribution in [0, 0.1) is 11.8 Å². The van der Waals surface area contributed by atoms with Gasteiger partial charge in [-0.1, -0.05) is 38.1 Å². The highest BCUT2D eigenvalue weighted by Gasteiger charge is 2.24. The maximum Gasteiger partial charge on any atom is 0.307 e. The molecule has 7 heteroatoms. The third kappa shape index (κ3) is 4.49. The highest BCUT2D eigenvalue weighted by Crippen LogP contribution is 2.30. The first-order chi connectivity index (χ1) is 11.8. The fourth-order valence-electron chi connectivity index (χ4n) is 2.78. The SMILES string of the molecule is COc1ccc(S(=O)(=O)NCC(CC(C)C)C(=O)O)c2ccccc12. The van der Waals surface area contributed by atoms with E-state index in [0.717, 1.165) is 0 Å². The minimum Gasteiger partial charge on any atom is -0.496 e. The quantitative estimate of drug-likeness (QED) is 0.750. The Hall–Kier alpha value is -2.12. The number of carboxylic acids is 1. The number of aliphatic carboxylic acids is 1. The largest absolute Gasteiger partial charge is 0.496 e. The van der Waals surface area contributed by atoms with Crippen LogP contribution in [0.25, 0.3) is 10.8 Å². The summed E-state index contributed by atoms with van der Waals surface area (Å²) in [6, 6.07) is 10.1. The van der Waals surface area contributed by atoms with Gasteiger partial charge in [0.2, 0.25) is 10.0 Å². The van der Waals surface area contributed by atoms with E-state index in [1.807, 2.05) is 13.8 Å². The van der Waals surface area contributed by atoms with Crippen molar-refractivity contribution in [2.45, 2.75) is 25.2 Å². The minimum absolute atomic E-state index is 0.109. The number of hydrogen-bond donors (Lipinski definition) is 2. The van der Waals surface area contributed by atoms with Crippen molar-refractivity contribution in [1.29, 1.82) is 0 Å². The Morgan fingerprint density at radius 1 is 1.16 bits per heavy atom. The Bertz CT molecular complexity index is 861. The lowest BCUT2D eigenvalue weighted by Crippen LogP contribution is -2.33. The van der Waals surface area contributed by atoms with E-state index in [1.165, 1.54) is 13.2 Å². The van der Waals surface area contributed by atoms with E-state index in [-0.39, 0.29) is 17.4 Å². The van der Waals surface area contributed by atoms with Crippen LogP contribution in [0.5, 0.6) is 5.75 Å². The number of methoxy groups -OCH3 is 1. The third-order valence-corrected chi connectivity index (χ3v) is 5.46. The molecule has 0 spiro atoms. The van der Waals surface area contributed by atoms with Crippen molar-refractivity contribution in [2.75, 3.05) is 13.7 Å². The van der Waals surface area contributed by atoms with Crippen LogP contribution in [-0.4, -0.2) is 33.1 Å². The van der Waals surface area contributed by atoms with Gasteiger partial charge in [0, 0.05) is 17.3 Å². The van der Waals surface area contributed by atoms with E-state index < -0.39 is 21.9 Å². The van der Waals surface area contributed by atoms with Crippen LogP contribution in [0.15, 0.2) is 41.3 Å². The number of carbonyl (C=O) groups is 1. The zero-order valence-electron chi connectivity index (χ0n) is 14.5. The number of sulfonamides is 1. The molecule has 1 unspecified atom stereocenters. The van der Waals surface area contributed by atoms with Crippen LogP contribution in [0.3, 0.4) is 0 Å². The zero-order valence-corrected chi connectivity index (χ0v) is 15.3. The highest BCUT2D eigenvalue weighted by atomic mass is 32.2. The Morgan fingerprint density at radius 3 is 2.36 bits per heavy atom. The van der Waals surface area contributed by atoms with Gasteiger partial charge in [-0.2, -0.15) is 0 Å². The Morgan fingerprint density at radius 2 is 1.80 bits per heavy atom. The summed E-state index contributed by atoms with van der Waals surface area (Å²) in [6.45, 7) is 3.67. The molecule has 2 rings (SSSR count). The van der Waals surface area contributed by atoms with Crippen LogP contribution in [-0.2, 0) is 14.8 Å². The van der Waals surface area contributed by atoms with Crippen molar-refractivity contribution >= 4 is 26.8 Å². The van der Waals surface area contributed by atoms with E-state index in [9.17, 15) is 18.3 Å². The van der Waals surface area contributed by atoms with Gasteiger partial charge in [0.1, 0.15) is 5.75 Å². The molecule has 0 amide bonds. The molecule has 0 aromatic heterocycles. The molecular weight excluding hydrogens is 342 g/mol. The number of carboxylic acid groups (broad SMARTS) is 1.